The van der Waals surface area contributed by atoms with Gasteiger partial charge in [0.15, 0.2) is 0 Å². The fourth-order valence-corrected chi connectivity index (χ4v) is 6.14. The zero-order valence-corrected chi connectivity index (χ0v) is 23.5. The largest absolute Gasteiger partial charge is 0.497 e. The SMILES string of the molecule is CNC(=O)c1ccc(N2CCC3(CC2)CC(CCN(C)C(=O)C(O)(c2cccc(OC)c2)C(F)(F)F)C3)nc1Cl. The fraction of sp³-hybridized carbons (Fsp3) is 0.536. The molecule has 40 heavy (non-hydrogen) atoms. The summed E-state index contributed by atoms with van der Waals surface area (Å²) in [6, 6.07) is 8.31. The summed E-state index contributed by atoms with van der Waals surface area (Å²) in [6.07, 6.45) is -0.895. The standard InChI is InChI=1S/C28H34ClF3N4O4/c1-33-24(37)21-7-8-22(34-23(21)29)36-13-10-26(11-14-36)16-18(17-26)9-12-35(2)25(38)27(39,28(30,31)32)19-5-4-6-20(15-19)40-3/h4-8,15,18,39H,9-14,16-17H2,1-3H3,(H,33,37). The summed E-state index contributed by atoms with van der Waals surface area (Å²) in [5, 5.41) is 13.4. The van der Waals surface area contributed by atoms with Crippen LogP contribution in [-0.2, 0) is 10.4 Å². The fourth-order valence-electron chi connectivity index (χ4n) is 5.90. The molecule has 1 saturated carbocycles. The zero-order chi connectivity index (χ0) is 29.3. The molecule has 1 aliphatic carbocycles. The van der Waals surface area contributed by atoms with Crippen LogP contribution in [0.1, 0.15) is 48.0 Å². The van der Waals surface area contributed by atoms with Crippen molar-refractivity contribution in [1.29, 1.82) is 0 Å². The molecule has 2 fully saturated rings. The predicted molar refractivity (Wildman–Crippen MR) is 144 cm³/mol. The lowest BCUT2D eigenvalue weighted by Crippen LogP contribution is -2.55. The minimum absolute atomic E-state index is 0.105. The number of aliphatic hydroxyl groups is 1. The number of hydrogen-bond donors (Lipinski definition) is 2. The molecule has 1 aromatic heterocycles. The Morgan fingerprint density at radius 1 is 1.23 bits per heavy atom. The molecule has 1 spiro atoms. The van der Waals surface area contributed by atoms with Gasteiger partial charge in [-0.05, 0) is 67.7 Å². The molecule has 2 aromatic rings. The van der Waals surface area contributed by atoms with Gasteiger partial charge in [0.25, 0.3) is 17.4 Å². The second kappa shape index (κ2) is 11.4. The van der Waals surface area contributed by atoms with Crippen LogP contribution in [-0.4, -0.2) is 73.8 Å². The summed E-state index contributed by atoms with van der Waals surface area (Å²) in [6.45, 7) is 1.67. The Morgan fingerprint density at radius 3 is 2.48 bits per heavy atom. The topological polar surface area (TPSA) is 95.0 Å². The van der Waals surface area contributed by atoms with E-state index in [0.717, 1.165) is 61.6 Å². The van der Waals surface area contributed by atoms with Crippen molar-refractivity contribution in [1.82, 2.24) is 15.2 Å². The molecule has 2 aliphatic rings. The Balaban J connectivity index is 1.30. The molecule has 4 rings (SSSR count). The maximum atomic E-state index is 14.0. The molecule has 0 bridgehead atoms. The van der Waals surface area contributed by atoms with E-state index in [0.29, 0.717) is 12.0 Å². The van der Waals surface area contributed by atoms with Gasteiger partial charge in [-0.3, -0.25) is 9.59 Å². The number of hydrogen-bond acceptors (Lipinski definition) is 6. The number of ether oxygens (including phenoxy) is 1. The van der Waals surface area contributed by atoms with Gasteiger partial charge in [0.2, 0.25) is 0 Å². The van der Waals surface area contributed by atoms with Crippen LogP contribution < -0.4 is 15.0 Å². The molecule has 1 atom stereocenters. The summed E-state index contributed by atoms with van der Waals surface area (Å²) in [4.78, 5) is 32.3. The quantitative estimate of drug-likeness (QED) is 0.448. The van der Waals surface area contributed by atoms with Crippen molar-refractivity contribution in [2.75, 3.05) is 45.7 Å². The smallest absolute Gasteiger partial charge is 0.430 e. The maximum absolute atomic E-state index is 14.0. The highest BCUT2D eigenvalue weighted by Gasteiger charge is 2.62. The molecule has 218 valence electrons. The average Bonchev–Trinajstić information content (AvgIpc) is 2.93. The number of halogens is 4. The number of likely N-dealkylation sites (N-methyl/N-ethyl adjacent to an activating group) is 1. The highest BCUT2D eigenvalue weighted by Crippen LogP contribution is 2.54. The van der Waals surface area contributed by atoms with Gasteiger partial charge < -0.3 is 25.0 Å². The Morgan fingerprint density at radius 2 is 1.90 bits per heavy atom. The number of benzene rings is 1. The molecule has 0 radical (unpaired) electrons. The van der Waals surface area contributed by atoms with Crippen LogP contribution in [0.2, 0.25) is 5.15 Å². The van der Waals surface area contributed by atoms with Gasteiger partial charge in [-0.1, -0.05) is 23.7 Å². The summed E-state index contributed by atoms with van der Waals surface area (Å²) in [5.41, 5.74) is -3.75. The highest BCUT2D eigenvalue weighted by atomic mass is 35.5. The van der Waals surface area contributed by atoms with Gasteiger partial charge in [-0.2, -0.15) is 13.2 Å². The van der Waals surface area contributed by atoms with E-state index in [9.17, 15) is 27.9 Å². The number of piperidine rings is 1. The number of carbonyl (C=O) groups is 2. The lowest BCUT2D eigenvalue weighted by atomic mass is 9.57. The number of methoxy groups -OCH3 is 1. The van der Waals surface area contributed by atoms with E-state index in [1.807, 2.05) is 0 Å². The number of alkyl halides is 3. The van der Waals surface area contributed by atoms with E-state index in [2.05, 4.69) is 15.2 Å². The first-order valence-electron chi connectivity index (χ1n) is 13.2. The van der Waals surface area contributed by atoms with Crippen LogP contribution >= 0.6 is 11.6 Å². The molecular formula is C28H34ClF3N4O4. The number of aromatic nitrogens is 1. The number of rotatable bonds is 8. The van der Waals surface area contributed by atoms with Gasteiger partial charge in [-0.25, -0.2) is 4.98 Å². The molecule has 1 saturated heterocycles. The maximum Gasteiger partial charge on any atom is 0.430 e. The van der Waals surface area contributed by atoms with Crippen LogP contribution in [0.5, 0.6) is 5.75 Å². The molecule has 1 aliphatic heterocycles. The first-order valence-corrected chi connectivity index (χ1v) is 13.5. The van der Waals surface area contributed by atoms with Crippen molar-refractivity contribution in [3.05, 3.63) is 52.7 Å². The summed E-state index contributed by atoms with van der Waals surface area (Å²) in [7, 11) is 4.12. The van der Waals surface area contributed by atoms with E-state index in [1.165, 1.54) is 33.3 Å². The van der Waals surface area contributed by atoms with E-state index in [-0.39, 0.29) is 34.7 Å². The van der Waals surface area contributed by atoms with Gasteiger partial charge in [0.05, 0.1) is 12.7 Å². The number of anilines is 1. The summed E-state index contributed by atoms with van der Waals surface area (Å²) >= 11 is 6.21. The Bertz CT molecular complexity index is 1240. The third kappa shape index (κ3) is 5.72. The minimum Gasteiger partial charge on any atom is -0.497 e. The third-order valence-electron chi connectivity index (χ3n) is 8.32. The van der Waals surface area contributed by atoms with Gasteiger partial charge >= 0.3 is 6.18 Å². The molecule has 2 amide bonds. The van der Waals surface area contributed by atoms with Gasteiger partial charge in [-0.15, -0.1) is 0 Å². The van der Waals surface area contributed by atoms with Crippen molar-refractivity contribution in [2.45, 2.75) is 43.9 Å². The van der Waals surface area contributed by atoms with E-state index < -0.39 is 23.2 Å². The number of carbonyl (C=O) groups excluding carboxylic acids is 2. The van der Waals surface area contributed by atoms with Crippen molar-refractivity contribution >= 4 is 29.2 Å². The second-order valence-corrected chi connectivity index (χ2v) is 11.2. The molecule has 12 heteroatoms. The van der Waals surface area contributed by atoms with E-state index in [4.69, 9.17) is 16.3 Å². The molecule has 1 unspecified atom stereocenters. The number of amides is 2. The van der Waals surface area contributed by atoms with Crippen LogP contribution in [0.4, 0.5) is 19.0 Å². The number of pyridine rings is 1. The van der Waals surface area contributed by atoms with Crippen LogP contribution in [0.25, 0.3) is 0 Å². The molecular weight excluding hydrogens is 549 g/mol. The summed E-state index contributed by atoms with van der Waals surface area (Å²) < 4.78 is 47.1. The lowest BCUT2D eigenvalue weighted by Gasteiger charge is -2.53. The minimum atomic E-state index is -5.21. The zero-order valence-electron chi connectivity index (χ0n) is 22.7. The monoisotopic (exact) mass is 582 g/mol. The first-order chi connectivity index (χ1) is 18.8. The van der Waals surface area contributed by atoms with Crippen molar-refractivity contribution < 1.29 is 32.6 Å². The van der Waals surface area contributed by atoms with Gasteiger partial charge in [0.1, 0.15) is 16.7 Å². The third-order valence-corrected chi connectivity index (χ3v) is 8.61. The lowest BCUT2D eigenvalue weighted by molar-refractivity contribution is -0.261. The first kappa shape index (κ1) is 29.9. The molecule has 2 N–H and O–H groups in total. The summed E-state index contributed by atoms with van der Waals surface area (Å²) in [5.74, 6) is -0.586. The number of nitrogens with zero attached hydrogens (tertiary/aromatic N) is 3. The Hall–Kier alpha value is -3.05. The van der Waals surface area contributed by atoms with Crippen molar-refractivity contribution in [3.8, 4) is 5.75 Å². The predicted octanol–water partition coefficient (Wildman–Crippen LogP) is 4.40. The Kier molecular flexibility index (Phi) is 8.56. The average molecular weight is 583 g/mol. The van der Waals surface area contributed by atoms with Crippen molar-refractivity contribution in [3.63, 3.8) is 0 Å². The van der Waals surface area contributed by atoms with Crippen molar-refractivity contribution in [2.24, 2.45) is 11.3 Å². The number of nitrogens with one attached hydrogen (secondary N) is 1. The second-order valence-electron chi connectivity index (χ2n) is 10.8. The normalized spacial score (nSPS) is 18.6. The van der Waals surface area contributed by atoms with Gasteiger partial charge in [0, 0.05) is 39.3 Å². The highest BCUT2D eigenvalue weighted by molar-refractivity contribution is 6.32. The van der Waals surface area contributed by atoms with Crippen LogP contribution in [0.3, 0.4) is 0 Å². The van der Waals surface area contributed by atoms with Crippen LogP contribution in [0, 0.1) is 11.3 Å². The molecule has 2 heterocycles. The van der Waals surface area contributed by atoms with E-state index in [1.54, 1.807) is 12.1 Å². The molecule has 8 nitrogen and oxygen atoms in total. The van der Waals surface area contributed by atoms with E-state index >= 15 is 0 Å². The van der Waals surface area contributed by atoms with Crippen LogP contribution in [0.15, 0.2) is 36.4 Å². The Labute approximate surface area is 236 Å². The molecule has 1 aromatic carbocycles.